The topological polar surface area (TPSA) is 53.6 Å². The van der Waals surface area contributed by atoms with Gasteiger partial charge in [0.1, 0.15) is 0 Å². The largest absolute Gasteiger partial charge is 0.378 e. The molecule has 124 valence electrons. The lowest BCUT2D eigenvalue weighted by molar-refractivity contribution is -0.123. The van der Waals surface area contributed by atoms with Gasteiger partial charge < -0.3 is 20.3 Å². The van der Waals surface area contributed by atoms with Crippen molar-refractivity contribution in [1.29, 1.82) is 0 Å². The molecule has 1 saturated heterocycles. The van der Waals surface area contributed by atoms with Crippen molar-refractivity contribution in [1.82, 2.24) is 15.5 Å². The Morgan fingerprint density at radius 1 is 1.33 bits per heavy atom. The number of amides is 1. The number of nitrogens with zero attached hydrogens (tertiary/aromatic N) is 1. The lowest BCUT2D eigenvalue weighted by Crippen LogP contribution is -2.43. The average Bonchev–Trinajstić information content (AvgIpc) is 2.38. The summed E-state index contributed by atoms with van der Waals surface area (Å²) in [4.78, 5) is 14.2. The minimum absolute atomic E-state index is 0.108. The molecule has 1 aliphatic rings. The van der Waals surface area contributed by atoms with Gasteiger partial charge in [-0.3, -0.25) is 4.79 Å². The Labute approximate surface area is 129 Å². The summed E-state index contributed by atoms with van der Waals surface area (Å²) in [7, 11) is 4.08. The van der Waals surface area contributed by atoms with Crippen LogP contribution in [-0.2, 0) is 9.53 Å². The molecule has 1 aliphatic heterocycles. The van der Waals surface area contributed by atoms with Gasteiger partial charge in [-0.15, -0.1) is 0 Å². The summed E-state index contributed by atoms with van der Waals surface area (Å²) in [5, 5.41) is 6.46. The van der Waals surface area contributed by atoms with E-state index in [2.05, 4.69) is 29.4 Å². The van der Waals surface area contributed by atoms with Gasteiger partial charge in [0.25, 0.3) is 0 Å². The lowest BCUT2D eigenvalue weighted by Gasteiger charge is -2.25. The summed E-state index contributed by atoms with van der Waals surface area (Å²) in [5.41, 5.74) is 0. The fourth-order valence-electron chi connectivity index (χ4n) is 2.77. The van der Waals surface area contributed by atoms with E-state index in [4.69, 9.17) is 4.74 Å². The number of nitrogens with one attached hydrogen (secondary N) is 2. The molecule has 0 aromatic rings. The highest BCUT2D eigenvalue weighted by molar-refractivity contribution is 5.76. The third-order valence-corrected chi connectivity index (χ3v) is 3.68. The van der Waals surface area contributed by atoms with E-state index in [0.717, 1.165) is 38.9 Å². The first-order valence-electron chi connectivity index (χ1n) is 8.23. The van der Waals surface area contributed by atoms with Gasteiger partial charge in [0.15, 0.2) is 0 Å². The first-order valence-corrected chi connectivity index (χ1v) is 8.23. The molecule has 5 nitrogen and oxygen atoms in total. The minimum Gasteiger partial charge on any atom is -0.378 e. The van der Waals surface area contributed by atoms with E-state index in [-0.39, 0.29) is 11.9 Å². The quantitative estimate of drug-likeness (QED) is 0.672. The van der Waals surface area contributed by atoms with Crippen molar-refractivity contribution >= 4 is 5.91 Å². The first kappa shape index (κ1) is 18.4. The van der Waals surface area contributed by atoms with E-state index in [0.29, 0.717) is 25.0 Å². The standard InChI is InChI=1S/C16H33N3O2/c1-13(2)11-14(12-19(3)4)18-16(20)7-10-21-15-5-8-17-9-6-15/h13-15,17H,5-12H2,1-4H3,(H,18,20). The molecule has 21 heavy (non-hydrogen) atoms. The fraction of sp³-hybridized carbons (Fsp3) is 0.938. The molecule has 1 fully saturated rings. The minimum atomic E-state index is 0.108. The highest BCUT2D eigenvalue weighted by Gasteiger charge is 2.16. The Kier molecular flexibility index (Phi) is 8.88. The second kappa shape index (κ2) is 10.1. The summed E-state index contributed by atoms with van der Waals surface area (Å²) < 4.78 is 5.79. The molecule has 0 saturated carbocycles. The van der Waals surface area contributed by atoms with Crippen LogP contribution in [0.15, 0.2) is 0 Å². The molecule has 1 rings (SSSR count). The average molecular weight is 299 g/mol. The summed E-state index contributed by atoms with van der Waals surface area (Å²) in [6, 6.07) is 0.228. The van der Waals surface area contributed by atoms with Gasteiger partial charge in [-0.2, -0.15) is 0 Å². The van der Waals surface area contributed by atoms with Crippen molar-refractivity contribution in [3.8, 4) is 0 Å². The predicted molar refractivity (Wildman–Crippen MR) is 86.4 cm³/mol. The maximum atomic E-state index is 12.0. The van der Waals surface area contributed by atoms with Crippen LogP contribution in [-0.4, -0.2) is 63.3 Å². The molecular formula is C16H33N3O2. The number of piperidine rings is 1. The Bertz CT molecular complexity index is 279. The molecule has 1 unspecified atom stereocenters. The Balaban J connectivity index is 2.22. The van der Waals surface area contributed by atoms with Crippen LogP contribution >= 0.6 is 0 Å². The van der Waals surface area contributed by atoms with Crippen LogP contribution < -0.4 is 10.6 Å². The van der Waals surface area contributed by atoms with Crippen molar-refractivity contribution in [3.63, 3.8) is 0 Å². The highest BCUT2D eigenvalue weighted by atomic mass is 16.5. The zero-order valence-electron chi connectivity index (χ0n) is 14.2. The number of ether oxygens (including phenoxy) is 1. The molecule has 0 bridgehead atoms. The first-order chi connectivity index (χ1) is 9.97. The van der Waals surface area contributed by atoms with Gasteiger partial charge >= 0.3 is 0 Å². The highest BCUT2D eigenvalue weighted by Crippen LogP contribution is 2.08. The SMILES string of the molecule is CC(C)CC(CN(C)C)NC(=O)CCOC1CCNCC1. The van der Waals surface area contributed by atoms with Crippen LogP contribution in [0, 0.1) is 5.92 Å². The maximum absolute atomic E-state index is 12.0. The van der Waals surface area contributed by atoms with Crippen molar-refractivity contribution in [3.05, 3.63) is 0 Å². The number of carbonyl (C=O) groups excluding carboxylic acids is 1. The van der Waals surface area contributed by atoms with Gasteiger partial charge in [-0.25, -0.2) is 0 Å². The van der Waals surface area contributed by atoms with Crippen molar-refractivity contribution in [2.75, 3.05) is 40.3 Å². The lowest BCUT2D eigenvalue weighted by atomic mass is 10.0. The van der Waals surface area contributed by atoms with E-state index in [1.54, 1.807) is 0 Å². The van der Waals surface area contributed by atoms with E-state index in [1.807, 2.05) is 14.1 Å². The molecule has 2 N–H and O–H groups in total. The second-order valence-electron chi connectivity index (χ2n) is 6.73. The van der Waals surface area contributed by atoms with Gasteiger partial charge in [-0.1, -0.05) is 13.8 Å². The summed E-state index contributed by atoms with van der Waals surface area (Å²) in [6.45, 7) is 7.85. The summed E-state index contributed by atoms with van der Waals surface area (Å²) in [6.07, 6.45) is 3.91. The van der Waals surface area contributed by atoms with Gasteiger partial charge in [-0.05, 0) is 52.4 Å². The third kappa shape index (κ3) is 9.06. The molecule has 0 aliphatic carbocycles. The van der Waals surface area contributed by atoms with Crippen LogP contribution in [0.4, 0.5) is 0 Å². The zero-order chi connectivity index (χ0) is 15.7. The van der Waals surface area contributed by atoms with Gasteiger partial charge in [0, 0.05) is 19.0 Å². The maximum Gasteiger partial charge on any atom is 0.222 e. The zero-order valence-corrected chi connectivity index (χ0v) is 14.2. The van der Waals surface area contributed by atoms with Crippen molar-refractivity contribution in [2.24, 2.45) is 5.92 Å². The molecule has 0 radical (unpaired) electrons. The molecule has 0 aromatic heterocycles. The molecule has 1 atom stereocenters. The second-order valence-corrected chi connectivity index (χ2v) is 6.73. The molecule has 1 amide bonds. The molecule has 5 heteroatoms. The van der Waals surface area contributed by atoms with E-state index in [1.165, 1.54) is 0 Å². The van der Waals surface area contributed by atoms with Crippen molar-refractivity contribution < 1.29 is 9.53 Å². The summed E-state index contributed by atoms with van der Waals surface area (Å²) in [5.74, 6) is 0.692. The number of carbonyl (C=O) groups is 1. The van der Waals surface area contributed by atoms with E-state index in [9.17, 15) is 4.79 Å². The molecular weight excluding hydrogens is 266 g/mol. The smallest absolute Gasteiger partial charge is 0.222 e. The number of rotatable bonds is 9. The Morgan fingerprint density at radius 3 is 2.57 bits per heavy atom. The predicted octanol–water partition coefficient (Wildman–Crippen LogP) is 1.24. The van der Waals surface area contributed by atoms with Crippen LogP contribution in [0.3, 0.4) is 0 Å². The number of hydrogen-bond donors (Lipinski definition) is 2. The van der Waals surface area contributed by atoms with Crippen LogP contribution in [0.2, 0.25) is 0 Å². The Morgan fingerprint density at radius 2 is 2.00 bits per heavy atom. The van der Waals surface area contributed by atoms with Gasteiger partial charge in [0.2, 0.25) is 5.91 Å². The molecule has 0 aromatic carbocycles. The van der Waals surface area contributed by atoms with E-state index >= 15 is 0 Å². The normalized spacial score (nSPS) is 18.2. The van der Waals surface area contributed by atoms with E-state index < -0.39 is 0 Å². The third-order valence-electron chi connectivity index (χ3n) is 3.68. The van der Waals surface area contributed by atoms with Gasteiger partial charge in [0.05, 0.1) is 12.7 Å². The van der Waals surface area contributed by atoms with Crippen LogP contribution in [0.5, 0.6) is 0 Å². The number of likely N-dealkylation sites (N-methyl/N-ethyl adjacent to an activating group) is 1. The monoisotopic (exact) mass is 299 g/mol. The Hall–Kier alpha value is -0.650. The van der Waals surface area contributed by atoms with Crippen LogP contribution in [0.25, 0.3) is 0 Å². The van der Waals surface area contributed by atoms with Crippen LogP contribution in [0.1, 0.15) is 39.5 Å². The molecule has 0 spiro atoms. The summed E-state index contributed by atoms with van der Waals surface area (Å²) >= 11 is 0. The fourth-order valence-corrected chi connectivity index (χ4v) is 2.77. The number of hydrogen-bond acceptors (Lipinski definition) is 4. The van der Waals surface area contributed by atoms with Crippen molar-refractivity contribution in [2.45, 2.75) is 51.7 Å². The molecule has 1 heterocycles.